The van der Waals surface area contributed by atoms with Gasteiger partial charge in [-0.3, -0.25) is 4.79 Å². The maximum absolute atomic E-state index is 11.3. The first kappa shape index (κ1) is 14.5. The molecule has 1 aliphatic rings. The molecule has 0 aliphatic heterocycles. The normalized spacial score (nSPS) is 20.0. The largest absolute Gasteiger partial charge is 0.368 e. The van der Waals surface area contributed by atoms with Gasteiger partial charge < -0.3 is 16.0 Å². The van der Waals surface area contributed by atoms with Gasteiger partial charge in [0.1, 0.15) is 0 Å². The van der Waals surface area contributed by atoms with Crippen molar-refractivity contribution >= 4 is 5.91 Å². The van der Waals surface area contributed by atoms with Crippen LogP contribution in [0.5, 0.6) is 0 Å². The summed E-state index contributed by atoms with van der Waals surface area (Å²) in [5, 5.41) is 3.02. The number of hydrogen-bond acceptors (Lipinski definition) is 3. The van der Waals surface area contributed by atoms with E-state index in [1.807, 2.05) is 6.92 Å². The average molecular weight is 241 g/mol. The number of likely N-dealkylation sites (N-methyl/N-ethyl adjacent to an activating group) is 1. The first-order valence-corrected chi connectivity index (χ1v) is 6.68. The summed E-state index contributed by atoms with van der Waals surface area (Å²) in [6.07, 6.45) is 7.08. The van der Waals surface area contributed by atoms with Crippen molar-refractivity contribution in [2.24, 2.45) is 5.73 Å². The molecule has 1 atom stereocenters. The Hall–Kier alpha value is -0.610. The van der Waals surface area contributed by atoms with E-state index < -0.39 is 5.54 Å². The van der Waals surface area contributed by atoms with Crippen LogP contribution in [0, 0.1) is 0 Å². The van der Waals surface area contributed by atoms with Crippen LogP contribution in [-0.4, -0.2) is 43.0 Å². The summed E-state index contributed by atoms with van der Waals surface area (Å²) in [5.74, 6) is -0.257. The second-order valence-corrected chi connectivity index (χ2v) is 5.47. The highest BCUT2D eigenvalue weighted by atomic mass is 16.1. The van der Waals surface area contributed by atoms with Crippen molar-refractivity contribution in [3.63, 3.8) is 0 Å². The molecule has 4 heteroatoms. The molecule has 1 amide bonds. The number of primary amides is 1. The number of unbranched alkanes of at least 4 members (excludes halogenated alkanes) is 1. The number of nitrogens with two attached hydrogens (primary N) is 1. The SMILES string of the molecule is CNC(C)(CCCCN(C)C1CCC1)C(N)=O. The van der Waals surface area contributed by atoms with Gasteiger partial charge in [-0.2, -0.15) is 0 Å². The molecule has 0 saturated heterocycles. The highest BCUT2D eigenvalue weighted by molar-refractivity contribution is 5.84. The van der Waals surface area contributed by atoms with Gasteiger partial charge >= 0.3 is 0 Å². The Kier molecular flexibility index (Phi) is 5.40. The topological polar surface area (TPSA) is 58.4 Å². The summed E-state index contributed by atoms with van der Waals surface area (Å²) in [6.45, 7) is 3.01. The summed E-state index contributed by atoms with van der Waals surface area (Å²) in [6, 6.07) is 0.807. The zero-order chi connectivity index (χ0) is 12.9. The fourth-order valence-corrected chi connectivity index (χ4v) is 2.22. The second-order valence-electron chi connectivity index (χ2n) is 5.47. The van der Waals surface area contributed by atoms with Gasteiger partial charge in [-0.25, -0.2) is 0 Å². The lowest BCUT2D eigenvalue weighted by molar-refractivity contribution is -0.123. The summed E-state index contributed by atoms with van der Waals surface area (Å²) in [7, 11) is 4.00. The Bertz CT molecular complexity index is 253. The van der Waals surface area contributed by atoms with Crippen LogP contribution in [-0.2, 0) is 4.79 Å². The number of hydrogen-bond donors (Lipinski definition) is 2. The van der Waals surface area contributed by atoms with Gasteiger partial charge in [-0.05, 0) is 59.7 Å². The molecule has 1 unspecified atom stereocenters. The highest BCUT2D eigenvalue weighted by Crippen LogP contribution is 2.24. The third-order valence-electron chi connectivity index (χ3n) is 4.23. The number of carbonyl (C=O) groups excluding carboxylic acids is 1. The summed E-state index contributed by atoms with van der Waals surface area (Å²) in [4.78, 5) is 13.7. The van der Waals surface area contributed by atoms with Crippen molar-refractivity contribution in [3.05, 3.63) is 0 Å². The molecule has 4 nitrogen and oxygen atoms in total. The quantitative estimate of drug-likeness (QED) is 0.626. The predicted octanol–water partition coefficient (Wildman–Crippen LogP) is 1.10. The van der Waals surface area contributed by atoms with E-state index >= 15 is 0 Å². The number of nitrogens with one attached hydrogen (secondary N) is 1. The zero-order valence-corrected chi connectivity index (χ0v) is 11.5. The van der Waals surface area contributed by atoms with Gasteiger partial charge in [0.25, 0.3) is 0 Å². The molecule has 1 aliphatic carbocycles. The Morgan fingerprint density at radius 2 is 2.12 bits per heavy atom. The lowest BCUT2D eigenvalue weighted by atomic mass is 9.91. The van der Waals surface area contributed by atoms with Crippen molar-refractivity contribution in [1.29, 1.82) is 0 Å². The minimum atomic E-state index is -0.547. The van der Waals surface area contributed by atoms with Crippen LogP contribution in [0.1, 0.15) is 45.4 Å². The molecule has 17 heavy (non-hydrogen) atoms. The van der Waals surface area contributed by atoms with Gasteiger partial charge in [-0.15, -0.1) is 0 Å². The summed E-state index contributed by atoms with van der Waals surface area (Å²) >= 11 is 0. The molecule has 0 bridgehead atoms. The number of carbonyl (C=O) groups is 1. The first-order chi connectivity index (χ1) is 7.99. The molecule has 0 heterocycles. The molecule has 1 fully saturated rings. The van der Waals surface area contributed by atoms with Crippen molar-refractivity contribution in [2.75, 3.05) is 20.6 Å². The summed E-state index contributed by atoms with van der Waals surface area (Å²) < 4.78 is 0. The summed E-state index contributed by atoms with van der Waals surface area (Å²) in [5.41, 5.74) is 4.84. The molecule has 0 aromatic rings. The standard InChI is InChI=1S/C13H27N3O/c1-13(15-2,12(14)17)9-4-5-10-16(3)11-7-6-8-11/h11,15H,4-10H2,1-3H3,(H2,14,17). The number of amides is 1. The Balaban J connectivity index is 2.16. The van der Waals surface area contributed by atoms with Crippen LogP contribution in [0.3, 0.4) is 0 Å². The Labute approximate surface area is 105 Å². The van der Waals surface area contributed by atoms with Crippen molar-refractivity contribution in [1.82, 2.24) is 10.2 Å². The smallest absolute Gasteiger partial charge is 0.237 e. The lowest BCUT2D eigenvalue weighted by Crippen LogP contribution is -2.51. The molecule has 3 N–H and O–H groups in total. The fraction of sp³-hybridized carbons (Fsp3) is 0.923. The zero-order valence-electron chi connectivity index (χ0n) is 11.5. The van der Waals surface area contributed by atoms with Gasteiger partial charge in [0.05, 0.1) is 5.54 Å². The molecule has 1 rings (SSSR count). The third kappa shape index (κ3) is 3.96. The van der Waals surface area contributed by atoms with E-state index in [1.54, 1.807) is 7.05 Å². The van der Waals surface area contributed by atoms with Crippen LogP contribution in [0.15, 0.2) is 0 Å². The van der Waals surface area contributed by atoms with Crippen LogP contribution in [0.2, 0.25) is 0 Å². The fourth-order valence-electron chi connectivity index (χ4n) is 2.22. The van der Waals surface area contributed by atoms with E-state index in [2.05, 4.69) is 17.3 Å². The molecule has 0 aromatic heterocycles. The molecule has 0 radical (unpaired) electrons. The lowest BCUT2D eigenvalue weighted by Gasteiger charge is -2.35. The van der Waals surface area contributed by atoms with Gasteiger partial charge in [0.15, 0.2) is 0 Å². The van der Waals surface area contributed by atoms with Crippen molar-refractivity contribution in [3.8, 4) is 0 Å². The van der Waals surface area contributed by atoms with E-state index in [9.17, 15) is 4.79 Å². The first-order valence-electron chi connectivity index (χ1n) is 6.68. The molecular formula is C13H27N3O. The molecular weight excluding hydrogens is 214 g/mol. The second kappa shape index (κ2) is 6.36. The van der Waals surface area contributed by atoms with Gasteiger partial charge in [-0.1, -0.05) is 6.42 Å². The van der Waals surface area contributed by atoms with Crippen LogP contribution >= 0.6 is 0 Å². The maximum Gasteiger partial charge on any atom is 0.237 e. The molecule has 1 saturated carbocycles. The van der Waals surface area contributed by atoms with Gasteiger partial charge in [0.2, 0.25) is 5.91 Å². The molecule has 100 valence electrons. The minimum absolute atomic E-state index is 0.257. The third-order valence-corrected chi connectivity index (χ3v) is 4.23. The van der Waals surface area contributed by atoms with Crippen molar-refractivity contribution in [2.45, 2.75) is 57.0 Å². The van der Waals surface area contributed by atoms with Crippen LogP contribution in [0.4, 0.5) is 0 Å². The monoisotopic (exact) mass is 241 g/mol. The number of rotatable bonds is 8. The predicted molar refractivity (Wildman–Crippen MR) is 70.8 cm³/mol. The minimum Gasteiger partial charge on any atom is -0.368 e. The Morgan fingerprint density at radius 1 is 1.47 bits per heavy atom. The van der Waals surface area contributed by atoms with E-state index in [0.29, 0.717) is 0 Å². The van der Waals surface area contributed by atoms with Crippen LogP contribution in [0.25, 0.3) is 0 Å². The highest BCUT2D eigenvalue weighted by Gasteiger charge is 2.28. The van der Waals surface area contributed by atoms with E-state index in [0.717, 1.165) is 31.8 Å². The van der Waals surface area contributed by atoms with E-state index in [1.165, 1.54) is 19.3 Å². The van der Waals surface area contributed by atoms with Gasteiger partial charge in [0, 0.05) is 6.04 Å². The number of nitrogens with zero attached hydrogens (tertiary/aromatic N) is 1. The molecule has 0 spiro atoms. The van der Waals surface area contributed by atoms with Crippen LogP contribution < -0.4 is 11.1 Å². The average Bonchev–Trinajstić information content (AvgIpc) is 2.21. The van der Waals surface area contributed by atoms with E-state index in [4.69, 9.17) is 5.73 Å². The maximum atomic E-state index is 11.3. The Morgan fingerprint density at radius 3 is 2.53 bits per heavy atom. The van der Waals surface area contributed by atoms with Crippen molar-refractivity contribution < 1.29 is 4.79 Å². The van der Waals surface area contributed by atoms with E-state index in [-0.39, 0.29) is 5.91 Å². The molecule has 0 aromatic carbocycles.